The molecule has 0 unspecified atom stereocenters. The maximum atomic E-state index is 12.6. The first-order valence-corrected chi connectivity index (χ1v) is 9.56. The van der Waals surface area contributed by atoms with Crippen molar-refractivity contribution < 1.29 is 18.7 Å². The molecule has 30 heavy (non-hydrogen) atoms. The highest BCUT2D eigenvalue weighted by molar-refractivity contribution is 5.95. The van der Waals surface area contributed by atoms with Crippen molar-refractivity contribution in [3.05, 3.63) is 109 Å². The number of ketones is 2. The number of hydrogen-bond acceptors (Lipinski definition) is 4. The molecule has 4 aromatic rings. The van der Waals surface area contributed by atoms with Crippen molar-refractivity contribution in [1.29, 1.82) is 0 Å². The Morgan fingerprint density at radius 1 is 0.633 bits per heavy atom. The number of aromatic nitrogens is 4. The van der Waals surface area contributed by atoms with Gasteiger partial charge >= 0.3 is 0 Å². The minimum Gasteiger partial charge on any atom is -0.285 e. The SMILES string of the molecule is O=C(C[n+]1ccccc1)c1cc(-c2ccnc(C(=O)C[n+]3ccccc3)c2)ccn1. The van der Waals surface area contributed by atoms with Crippen LogP contribution in [0.25, 0.3) is 11.1 Å². The molecule has 0 N–H and O–H groups in total. The molecule has 146 valence electrons. The Morgan fingerprint density at radius 2 is 1.03 bits per heavy atom. The van der Waals surface area contributed by atoms with E-state index < -0.39 is 0 Å². The highest BCUT2D eigenvalue weighted by Gasteiger charge is 2.16. The van der Waals surface area contributed by atoms with Gasteiger partial charge in [0.1, 0.15) is 11.4 Å². The van der Waals surface area contributed by atoms with Crippen LogP contribution in [0.3, 0.4) is 0 Å². The van der Waals surface area contributed by atoms with Crippen LogP contribution in [0.2, 0.25) is 0 Å². The zero-order valence-electron chi connectivity index (χ0n) is 16.3. The molecule has 0 atom stereocenters. The smallest absolute Gasteiger partial charge is 0.245 e. The summed E-state index contributed by atoms with van der Waals surface area (Å²) < 4.78 is 3.61. The Morgan fingerprint density at radius 3 is 1.43 bits per heavy atom. The Labute approximate surface area is 174 Å². The second kappa shape index (κ2) is 8.96. The van der Waals surface area contributed by atoms with Crippen LogP contribution in [-0.4, -0.2) is 21.5 Å². The fraction of sp³-hybridized carbons (Fsp3) is 0.0833. The van der Waals surface area contributed by atoms with E-state index in [-0.39, 0.29) is 24.7 Å². The van der Waals surface area contributed by atoms with Crippen molar-refractivity contribution in [3.8, 4) is 11.1 Å². The normalized spacial score (nSPS) is 10.5. The molecule has 0 aliphatic heterocycles. The molecule has 0 fully saturated rings. The topological polar surface area (TPSA) is 67.7 Å². The number of pyridine rings is 4. The molecule has 0 saturated heterocycles. The van der Waals surface area contributed by atoms with Gasteiger partial charge in [-0.25, -0.2) is 0 Å². The zero-order valence-corrected chi connectivity index (χ0v) is 16.3. The zero-order chi connectivity index (χ0) is 20.8. The minimum atomic E-state index is -0.0844. The van der Waals surface area contributed by atoms with Crippen molar-refractivity contribution in [2.24, 2.45) is 0 Å². The Hall–Kier alpha value is -4.06. The fourth-order valence-corrected chi connectivity index (χ4v) is 3.10. The predicted molar refractivity (Wildman–Crippen MR) is 109 cm³/mol. The van der Waals surface area contributed by atoms with E-state index in [2.05, 4.69) is 9.97 Å². The van der Waals surface area contributed by atoms with E-state index in [4.69, 9.17) is 0 Å². The van der Waals surface area contributed by atoms with Gasteiger partial charge in [-0.2, -0.15) is 9.13 Å². The van der Waals surface area contributed by atoms with Crippen molar-refractivity contribution >= 4 is 11.6 Å². The first kappa shape index (κ1) is 19.3. The minimum absolute atomic E-state index is 0.0844. The van der Waals surface area contributed by atoms with Crippen LogP contribution in [0.4, 0.5) is 0 Å². The van der Waals surface area contributed by atoms with E-state index in [9.17, 15) is 9.59 Å². The van der Waals surface area contributed by atoms with Crippen LogP contribution < -0.4 is 9.13 Å². The Kier molecular flexibility index (Phi) is 5.75. The summed E-state index contributed by atoms with van der Waals surface area (Å²) in [4.78, 5) is 33.7. The maximum absolute atomic E-state index is 12.6. The third kappa shape index (κ3) is 4.67. The van der Waals surface area contributed by atoms with Crippen LogP contribution in [-0.2, 0) is 13.1 Å². The predicted octanol–water partition coefficient (Wildman–Crippen LogP) is 2.48. The Balaban J connectivity index is 1.54. The highest BCUT2D eigenvalue weighted by atomic mass is 16.1. The summed E-state index contributed by atoms with van der Waals surface area (Å²) >= 11 is 0. The molecule has 6 heteroatoms. The van der Waals surface area contributed by atoms with E-state index in [0.29, 0.717) is 11.4 Å². The highest BCUT2D eigenvalue weighted by Crippen LogP contribution is 2.20. The molecular weight excluding hydrogens is 376 g/mol. The molecule has 4 heterocycles. The van der Waals surface area contributed by atoms with Gasteiger partial charge < -0.3 is 0 Å². The van der Waals surface area contributed by atoms with Gasteiger partial charge in [0.2, 0.25) is 24.7 Å². The third-order valence-electron chi connectivity index (χ3n) is 4.63. The number of hydrogen-bond donors (Lipinski definition) is 0. The van der Waals surface area contributed by atoms with Crippen molar-refractivity contribution in [2.75, 3.05) is 0 Å². The summed E-state index contributed by atoms with van der Waals surface area (Å²) in [5.74, 6) is -0.169. The van der Waals surface area contributed by atoms with Gasteiger partial charge in [0, 0.05) is 36.7 Å². The largest absolute Gasteiger partial charge is 0.285 e. The summed E-state index contributed by atoms with van der Waals surface area (Å²) in [6.45, 7) is 0.428. The average Bonchev–Trinajstić information content (AvgIpc) is 2.80. The van der Waals surface area contributed by atoms with Gasteiger partial charge in [0.15, 0.2) is 24.8 Å². The number of nitrogens with zero attached hydrogens (tertiary/aromatic N) is 4. The van der Waals surface area contributed by atoms with Crippen molar-refractivity contribution in [1.82, 2.24) is 9.97 Å². The molecular formula is C24H20N4O2+2. The first-order valence-electron chi connectivity index (χ1n) is 9.56. The first-order chi connectivity index (χ1) is 14.7. The molecule has 6 nitrogen and oxygen atoms in total. The summed E-state index contributed by atoms with van der Waals surface area (Å²) in [7, 11) is 0. The van der Waals surface area contributed by atoms with Crippen LogP contribution >= 0.6 is 0 Å². The van der Waals surface area contributed by atoms with E-state index in [1.54, 1.807) is 33.7 Å². The molecule has 0 radical (unpaired) electrons. The quantitative estimate of drug-likeness (QED) is 0.356. The summed E-state index contributed by atoms with van der Waals surface area (Å²) in [5, 5.41) is 0. The fourth-order valence-electron chi connectivity index (χ4n) is 3.10. The van der Waals surface area contributed by atoms with Crippen LogP contribution in [0.15, 0.2) is 97.8 Å². The lowest BCUT2D eigenvalue weighted by Gasteiger charge is -2.05. The van der Waals surface area contributed by atoms with Crippen LogP contribution in [0, 0.1) is 0 Å². The lowest BCUT2D eigenvalue weighted by atomic mass is 10.0. The monoisotopic (exact) mass is 396 g/mol. The van der Waals surface area contributed by atoms with Gasteiger partial charge in [-0.15, -0.1) is 0 Å². The molecule has 0 amide bonds. The van der Waals surface area contributed by atoms with Gasteiger partial charge in [0.25, 0.3) is 0 Å². The molecule has 4 aromatic heterocycles. The molecule has 0 aliphatic carbocycles. The van der Waals surface area contributed by atoms with Gasteiger partial charge in [0.05, 0.1) is 0 Å². The van der Waals surface area contributed by atoms with Crippen LogP contribution in [0.1, 0.15) is 21.0 Å². The molecule has 0 bridgehead atoms. The van der Waals surface area contributed by atoms with Gasteiger partial charge in [-0.1, -0.05) is 12.1 Å². The summed E-state index contributed by atoms with van der Waals surface area (Å²) in [5.41, 5.74) is 2.40. The van der Waals surface area contributed by atoms with Gasteiger partial charge in [-0.05, 0) is 35.4 Å². The molecule has 0 aromatic carbocycles. The number of rotatable bonds is 7. The third-order valence-corrected chi connectivity index (χ3v) is 4.63. The standard InChI is InChI=1S/C24H20N4O2/c29-23(17-27-11-3-1-4-12-27)21-15-19(7-9-25-21)20-8-10-26-22(16-20)24(30)18-28-13-5-2-6-14-28/h1-16H,17-18H2/q+2. The van der Waals surface area contributed by atoms with E-state index in [0.717, 1.165) is 11.1 Å². The summed E-state index contributed by atoms with van der Waals surface area (Å²) in [6, 6.07) is 18.4. The number of carbonyl (C=O) groups excluding carboxylic acids is 2. The second-order valence-electron chi connectivity index (χ2n) is 6.80. The van der Waals surface area contributed by atoms with Gasteiger partial charge in [-0.3, -0.25) is 19.6 Å². The summed E-state index contributed by atoms with van der Waals surface area (Å²) in [6.07, 6.45) is 10.6. The van der Waals surface area contributed by atoms with Crippen molar-refractivity contribution in [2.45, 2.75) is 13.1 Å². The lowest BCUT2D eigenvalue weighted by Crippen LogP contribution is -2.37. The molecule has 0 spiro atoms. The van der Waals surface area contributed by atoms with Crippen LogP contribution in [0.5, 0.6) is 0 Å². The number of Topliss-reactive ketones (excluding diaryl/α,β-unsaturated/α-hetero) is 2. The van der Waals surface area contributed by atoms with Crippen molar-refractivity contribution in [3.63, 3.8) is 0 Å². The molecule has 0 saturated carbocycles. The maximum Gasteiger partial charge on any atom is 0.245 e. The Bertz CT molecular complexity index is 1080. The second-order valence-corrected chi connectivity index (χ2v) is 6.80. The average molecular weight is 396 g/mol. The van der Waals surface area contributed by atoms with E-state index in [1.165, 1.54) is 0 Å². The molecule has 0 aliphatic rings. The van der Waals surface area contributed by atoms with E-state index in [1.807, 2.05) is 73.3 Å². The number of carbonyl (C=O) groups is 2. The molecule has 4 rings (SSSR count). The van der Waals surface area contributed by atoms with E-state index >= 15 is 0 Å². The lowest BCUT2D eigenvalue weighted by molar-refractivity contribution is -0.683.